The molecule has 1 aromatic heterocycles. The van der Waals surface area contributed by atoms with Crippen molar-refractivity contribution in [3.05, 3.63) is 21.8 Å². The molecule has 18 heavy (non-hydrogen) atoms. The molecule has 0 aromatic carbocycles. The summed E-state index contributed by atoms with van der Waals surface area (Å²) in [5, 5.41) is 3.64. The second-order valence-corrected chi connectivity index (χ2v) is 6.40. The molecule has 2 aliphatic carbocycles. The first-order valence-corrected chi connectivity index (χ1v) is 7.50. The Kier molecular flexibility index (Phi) is 2.56. The average molecular weight is 263 g/mol. The van der Waals surface area contributed by atoms with Gasteiger partial charge in [-0.25, -0.2) is 0 Å². The molecule has 0 bridgehead atoms. The maximum Gasteiger partial charge on any atom is 0.0603 e. The molecule has 3 aliphatic rings. The quantitative estimate of drug-likeness (QED) is 0.860. The van der Waals surface area contributed by atoms with Crippen LogP contribution in [-0.4, -0.2) is 23.0 Å². The summed E-state index contributed by atoms with van der Waals surface area (Å²) in [4.78, 5) is 6.19. The van der Waals surface area contributed by atoms with Crippen molar-refractivity contribution in [2.75, 3.05) is 13.1 Å². The molecule has 1 N–H and O–H groups in total. The van der Waals surface area contributed by atoms with Gasteiger partial charge in [0, 0.05) is 35.6 Å². The molecule has 3 heteroatoms. The molecular formula is C15H19ClN2. The van der Waals surface area contributed by atoms with Gasteiger partial charge in [0.05, 0.1) is 5.35 Å². The first kappa shape index (κ1) is 11.1. The molecule has 1 aliphatic heterocycles. The Balaban J connectivity index is 1.71. The van der Waals surface area contributed by atoms with E-state index in [0.29, 0.717) is 0 Å². The Morgan fingerprint density at radius 3 is 3.06 bits per heavy atom. The average Bonchev–Trinajstić information content (AvgIpc) is 3.09. The Morgan fingerprint density at radius 2 is 2.22 bits per heavy atom. The zero-order chi connectivity index (χ0) is 12.1. The highest BCUT2D eigenvalue weighted by atomic mass is 35.5. The molecular weight excluding hydrogens is 244 g/mol. The lowest BCUT2D eigenvalue weighted by atomic mass is 10.0. The first-order chi connectivity index (χ1) is 8.81. The van der Waals surface area contributed by atoms with Crippen molar-refractivity contribution in [1.82, 2.24) is 9.88 Å². The number of aromatic nitrogens is 1. The number of nitrogens with one attached hydrogen (secondary N) is 1. The number of rotatable bonds is 2. The molecule has 0 atom stereocenters. The molecule has 1 saturated carbocycles. The topological polar surface area (TPSA) is 19.0 Å². The van der Waals surface area contributed by atoms with E-state index in [1.54, 1.807) is 0 Å². The van der Waals surface area contributed by atoms with Gasteiger partial charge in [0.15, 0.2) is 0 Å². The van der Waals surface area contributed by atoms with E-state index in [4.69, 9.17) is 11.6 Å². The fraction of sp³-hybridized carbons (Fsp3) is 0.600. The number of nitrogens with zero attached hydrogens (tertiary/aromatic N) is 1. The van der Waals surface area contributed by atoms with Gasteiger partial charge < -0.3 is 4.98 Å². The van der Waals surface area contributed by atoms with E-state index < -0.39 is 0 Å². The Bertz CT molecular complexity index is 595. The zero-order valence-corrected chi connectivity index (χ0v) is 11.4. The number of hydrogen-bond donors (Lipinski definition) is 1. The summed E-state index contributed by atoms with van der Waals surface area (Å²) < 4.78 is 0. The van der Waals surface area contributed by atoms with Gasteiger partial charge in [-0.2, -0.15) is 0 Å². The van der Waals surface area contributed by atoms with Crippen LogP contribution in [0.4, 0.5) is 0 Å². The molecule has 4 rings (SSSR count). The van der Waals surface area contributed by atoms with Gasteiger partial charge in [-0.3, -0.25) is 4.90 Å². The fourth-order valence-electron chi connectivity index (χ4n) is 3.33. The van der Waals surface area contributed by atoms with Crippen molar-refractivity contribution in [1.29, 1.82) is 0 Å². The lowest BCUT2D eigenvalue weighted by Crippen LogP contribution is -2.34. The van der Waals surface area contributed by atoms with E-state index in [1.807, 2.05) is 0 Å². The van der Waals surface area contributed by atoms with E-state index >= 15 is 0 Å². The van der Waals surface area contributed by atoms with Crippen molar-refractivity contribution in [2.24, 2.45) is 5.92 Å². The molecule has 0 amide bonds. The van der Waals surface area contributed by atoms with E-state index in [9.17, 15) is 0 Å². The predicted octanol–water partition coefficient (Wildman–Crippen LogP) is 1.70. The fourth-order valence-corrected chi connectivity index (χ4v) is 3.59. The van der Waals surface area contributed by atoms with Gasteiger partial charge in [-0.1, -0.05) is 17.7 Å². The van der Waals surface area contributed by atoms with Crippen molar-refractivity contribution in [3.8, 4) is 0 Å². The number of fused-ring (bicyclic) bond motifs is 3. The molecule has 0 radical (unpaired) electrons. The van der Waals surface area contributed by atoms with Crippen LogP contribution in [0.3, 0.4) is 0 Å². The van der Waals surface area contributed by atoms with Crippen LogP contribution in [-0.2, 0) is 13.0 Å². The predicted molar refractivity (Wildman–Crippen MR) is 74.7 cm³/mol. The maximum atomic E-state index is 6.35. The zero-order valence-electron chi connectivity index (χ0n) is 10.6. The monoisotopic (exact) mass is 262 g/mol. The van der Waals surface area contributed by atoms with E-state index in [2.05, 4.69) is 16.0 Å². The van der Waals surface area contributed by atoms with Gasteiger partial charge in [0.1, 0.15) is 0 Å². The molecule has 0 unspecified atom stereocenters. The van der Waals surface area contributed by atoms with Crippen molar-refractivity contribution in [3.63, 3.8) is 0 Å². The van der Waals surface area contributed by atoms with E-state index in [1.165, 1.54) is 54.2 Å². The summed E-state index contributed by atoms with van der Waals surface area (Å²) in [7, 11) is 0. The largest absolute Gasteiger partial charge is 0.356 e. The van der Waals surface area contributed by atoms with Gasteiger partial charge in [-0.05, 0) is 43.6 Å². The number of hydrogen-bond acceptors (Lipinski definition) is 1. The van der Waals surface area contributed by atoms with Gasteiger partial charge in [0.2, 0.25) is 0 Å². The van der Waals surface area contributed by atoms with Crippen LogP contribution in [0.5, 0.6) is 0 Å². The summed E-state index contributed by atoms with van der Waals surface area (Å²) in [6, 6.07) is 0. The lowest BCUT2D eigenvalue weighted by molar-refractivity contribution is 0.241. The van der Waals surface area contributed by atoms with Crippen LogP contribution in [0.2, 0.25) is 0 Å². The third-order valence-electron chi connectivity index (χ3n) is 4.49. The van der Waals surface area contributed by atoms with Gasteiger partial charge in [0.25, 0.3) is 0 Å². The highest BCUT2D eigenvalue weighted by Gasteiger charge is 2.27. The van der Waals surface area contributed by atoms with E-state index in [-0.39, 0.29) is 0 Å². The van der Waals surface area contributed by atoms with Crippen LogP contribution >= 0.6 is 11.6 Å². The molecule has 0 saturated heterocycles. The molecule has 2 nitrogen and oxygen atoms in total. The van der Waals surface area contributed by atoms with Gasteiger partial charge >= 0.3 is 0 Å². The minimum absolute atomic E-state index is 0.984. The summed E-state index contributed by atoms with van der Waals surface area (Å²) >= 11 is 6.35. The molecule has 96 valence electrons. The van der Waals surface area contributed by atoms with Gasteiger partial charge in [-0.15, -0.1) is 0 Å². The van der Waals surface area contributed by atoms with Crippen LogP contribution in [0.25, 0.3) is 11.1 Å². The highest BCUT2D eigenvalue weighted by molar-refractivity contribution is 6.45. The normalized spacial score (nSPS) is 23.5. The SMILES string of the molecule is ClC1=c2[nH]c3c(c2=CCC1)CCN(CC1CC1)C3. The molecule has 0 spiro atoms. The standard InChI is InChI=1S/C15H19ClN2/c16-13-3-1-2-12-11-6-7-18(8-10-4-5-10)9-14(11)17-15(12)13/h2,10,17H,1,3-9H2. The minimum Gasteiger partial charge on any atom is -0.356 e. The smallest absolute Gasteiger partial charge is 0.0603 e. The summed E-state index contributed by atoms with van der Waals surface area (Å²) in [5.74, 6) is 0.984. The number of halogens is 1. The van der Waals surface area contributed by atoms with Crippen LogP contribution < -0.4 is 10.6 Å². The third kappa shape index (κ3) is 1.83. The van der Waals surface area contributed by atoms with Crippen LogP contribution in [0.15, 0.2) is 0 Å². The van der Waals surface area contributed by atoms with Crippen LogP contribution in [0, 0.1) is 5.92 Å². The third-order valence-corrected chi connectivity index (χ3v) is 4.87. The highest BCUT2D eigenvalue weighted by Crippen LogP contribution is 2.31. The second-order valence-electron chi connectivity index (χ2n) is 5.95. The molecule has 1 aromatic rings. The van der Waals surface area contributed by atoms with Crippen LogP contribution in [0.1, 0.15) is 36.9 Å². The Morgan fingerprint density at radius 1 is 1.33 bits per heavy atom. The second kappa shape index (κ2) is 4.14. The lowest BCUT2D eigenvalue weighted by Gasteiger charge is -2.26. The van der Waals surface area contributed by atoms with Crippen molar-refractivity contribution in [2.45, 2.75) is 38.6 Å². The summed E-state index contributed by atoms with van der Waals surface area (Å²) in [5.41, 5.74) is 2.96. The van der Waals surface area contributed by atoms with Crippen molar-refractivity contribution >= 4 is 22.7 Å². The minimum atomic E-state index is 0.984. The number of H-pyrrole nitrogens is 1. The Hall–Kier alpha value is -0.730. The molecule has 1 fully saturated rings. The van der Waals surface area contributed by atoms with Crippen molar-refractivity contribution < 1.29 is 0 Å². The first-order valence-electron chi connectivity index (χ1n) is 7.12. The Labute approximate surface area is 112 Å². The summed E-state index contributed by atoms with van der Waals surface area (Å²) in [6.45, 7) is 3.61. The summed E-state index contributed by atoms with van der Waals surface area (Å²) in [6.07, 6.45) is 8.54. The molecule has 2 heterocycles. The number of aromatic amines is 1. The maximum absolute atomic E-state index is 6.35. The van der Waals surface area contributed by atoms with E-state index in [0.717, 1.165) is 30.3 Å².